The molecule has 0 spiro atoms. The smallest absolute Gasteiger partial charge is 0.258 e. The number of H-pyrrole nitrogens is 1. The van der Waals surface area contributed by atoms with Crippen molar-refractivity contribution in [2.45, 2.75) is 0 Å². The summed E-state index contributed by atoms with van der Waals surface area (Å²) in [5.74, 6) is -0.405. The van der Waals surface area contributed by atoms with E-state index in [0.29, 0.717) is 11.1 Å². The molecule has 0 aliphatic rings. The second kappa shape index (κ2) is 6.52. The Morgan fingerprint density at radius 2 is 1.30 bits per heavy atom. The maximum Gasteiger partial charge on any atom is 0.258 e. The number of benzene rings is 2. The van der Waals surface area contributed by atoms with E-state index >= 15 is 0 Å². The second-order valence-corrected chi connectivity index (χ2v) is 4.65. The van der Waals surface area contributed by atoms with Gasteiger partial charge in [0.05, 0.1) is 0 Å². The van der Waals surface area contributed by atoms with Gasteiger partial charge in [-0.05, 0) is 24.3 Å². The van der Waals surface area contributed by atoms with Crippen LogP contribution in [-0.4, -0.2) is 27.0 Å². The van der Waals surface area contributed by atoms with Crippen molar-refractivity contribution in [1.82, 2.24) is 15.2 Å². The van der Waals surface area contributed by atoms with E-state index in [1.807, 2.05) is 12.1 Å². The summed E-state index contributed by atoms with van der Waals surface area (Å²) < 4.78 is 0. The minimum absolute atomic E-state index is 0.0854. The highest BCUT2D eigenvalue weighted by Gasteiger charge is 2.11. The van der Waals surface area contributed by atoms with E-state index in [1.54, 1.807) is 48.5 Å². The quantitative estimate of drug-likeness (QED) is 0.688. The molecule has 3 rings (SSSR count). The molecule has 0 bridgehead atoms. The predicted octanol–water partition coefficient (Wildman–Crippen LogP) is 2.31. The number of anilines is 2. The third kappa shape index (κ3) is 3.59. The number of rotatable bonds is 4. The van der Waals surface area contributed by atoms with Crippen LogP contribution in [0.15, 0.2) is 60.7 Å². The zero-order chi connectivity index (χ0) is 16.1. The molecule has 23 heavy (non-hydrogen) atoms. The summed E-state index contributed by atoms with van der Waals surface area (Å²) in [5, 5.41) is 11.5. The summed E-state index contributed by atoms with van der Waals surface area (Å²) in [6.45, 7) is 0. The fourth-order valence-electron chi connectivity index (χ4n) is 1.91. The molecule has 0 radical (unpaired) electrons. The van der Waals surface area contributed by atoms with Crippen molar-refractivity contribution >= 4 is 23.7 Å². The van der Waals surface area contributed by atoms with Gasteiger partial charge in [0.25, 0.3) is 17.8 Å². The number of hydrogen-bond donors (Lipinski definition) is 3. The van der Waals surface area contributed by atoms with Crippen LogP contribution in [0.2, 0.25) is 0 Å². The van der Waals surface area contributed by atoms with Crippen LogP contribution in [0.4, 0.5) is 11.9 Å². The summed E-state index contributed by atoms with van der Waals surface area (Å²) in [6, 6.07) is 17.4. The van der Waals surface area contributed by atoms with Gasteiger partial charge in [-0.15, -0.1) is 5.10 Å². The molecule has 1 heterocycles. The summed E-state index contributed by atoms with van der Waals surface area (Å²) in [7, 11) is 0. The molecule has 3 N–H and O–H groups in total. The van der Waals surface area contributed by atoms with Gasteiger partial charge < -0.3 is 0 Å². The number of nitrogens with one attached hydrogen (secondary N) is 3. The van der Waals surface area contributed by atoms with Crippen molar-refractivity contribution in [3.63, 3.8) is 0 Å². The Labute approximate surface area is 131 Å². The molecule has 7 heteroatoms. The number of aromatic nitrogens is 3. The molecule has 0 aliphatic carbocycles. The topological polar surface area (TPSA) is 99.8 Å². The van der Waals surface area contributed by atoms with E-state index in [1.165, 1.54) is 0 Å². The van der Waals surface area contributed by atoms with Gasteiger partial charge in [0.15, 0.2) is 0 Å². The maximum atomic E-state index is 12.0. The molecule has 2 aromatic carbocycles. The highest BCUT2D eigenvalue weighted by molar-refractivity contribution is 6.04. The lowest BCUT2D eigenvalue weighted by Crippen LogP contribution is -2.14. The zero-order valence-electron chi connectivity index (χ0n) is 12.0. The van der Waals surface area contributed by atoms with Crippen molar-refractivity contribution in [3.8, 4) is 0 Å². The summed E-state index contributed by atoms with van der Waals surface area (Å²) >= 11 is 0. The van der Waals surface area contributed by atoms with Crippen LogP contribution in [0.5, 0.6) is 0 Å². The number of hydrogen-bond acceptors (Lipinski definition) is 4. The van der Waals surface area contributed by atoms with Gasteiger partial charge in [0.2, 0.25) is 5.95 Å². The fourth-order valence-corrected chi connectivity index (χ4v) is 1.91. The summed E-state index contributed by atoms with van der Waals surface area (Å²) in [6.07, 6.45) is 0. The Bertz CT molecular complexity index is 747. The lowest BCUT2D eigenvalue weighted by Gasteiger charge is -2.01. The highest BCUT2D eigenvalue weighted by atomic mass is 16.2. The van der Waals surface area contributed by atoms with Crippen molar-refractivity contribution < 1.29 is 9.59 Å². The first-order valence-electron chi connectivity index (χ1n) is 6.87. The molecule has 114 valence electrons. The first-order chi connectivity index (χ1) is 11.2. The average molecular weight is 307 g/mol. The van der Waals surface area contributed by atoms with Crippen LogP contribution in [0.3, 0.4) is 0 Å². The number of carbonyl (C=O) groups is 2. The SMILES string of the molecule is O=C(Nc1n[nH]c(NC(=O)c2ccccc2)n1)c1ccccc1. The molecule has 1 aromatic heterocycles. The van der Waals surface area contributed by atoms with Gasteiger partial charge in [-0.25, -0.2) is 5.10 Å². The molecule has 0 aliphatic heterocycles. The van der Waals surface area contributed by atoms with E-state index in [2.05, 4.69) is 25.8 Å². The van der Waals surface area contributed by atoms with Gasteiger partial charge >= 0.3 is 0 Å². The second-order valence-electron chi connectivity index (χ2n) is 4.65. The third-order valence-corrected chi connectivity index (χ3v) is 3.01. The van der Waals surface area contributed by atoms with Crippen LogP contribution in [0, 0.1) is 0 Å². The molecule has 2 amide bonds. The number of amides is 2. The van der Waals surface area contributed by atoms with Crippen LogP contribution >= 0.6 is 0 Å². The number of nitrogens with zero attached hydrogens (tertiary/aromatic N) is 2. The maximum absolute atomic E-state index is 12.0. The van der Waals surface area contributed by atoms with E-state index in [9.17, 15) is 9.59 Å². The number of carbonyl (C=O) groups excluding carboxylic acids is 2. The number of aromatic amines is 1. The molecule has 0 atom stereocenters. The summed E-state index contributed by atoms with van der Waals surface area (Å²) in [5.41, 5.74) is 0.992. The molecular weight excluding hydrogens is 294 g/mol. The van der Waals surface area contributed by atoms with E-state index in [0.717, 1.165) is 0 Å². The lowest BCUT2D eigenvalue weighted by molar-refractivity contribution is 0.101. The molecule has 0 fully saturated rings. The Kier molecular flexibility index (Phi) is 4.10. The Hall–Kier alpha value is -3.48. The Balaban J connectivity index is 1.64. The molecule has 7 nitrogen and oxygen atoms in total. The van der Waals surface area contributed by atoms with Crippen molar-refractivity contribution in [1.29, 1.82) is 0 Å². The minimum Gasteiger partial charge on any atom is -0.291 e. The molecule has 3 aromatic rings. The van der Waals surface area contributed by atoms with E-state index in [4.69, 9.17) is 0 Å². The molecule has 0 saturated carbocycles. The van der Waals surface area contributed by atoms with Crippen molar-refractivity contribution in [2.24, 2.45) is 0 Å². The van der Waals surface area contributed by atoms with Gasteiger partial charge in [-0.3, -0.25) is 20.2 Å². The molecule has 0 unspecified atom stereocenters. The van der Waals surface area contributed by atoms with E-state index < -0.39 is 0 Å². The van der Waals surface area contributed by atoms with E-state index in [-0.39, 0.29) is 23.7 Å². The standard InChI is InChI=1S/C16H13N5O2/c22-13(11-7-3-1-4-8-11)17-15-19-16(21-20-15)18-14(23)12-9-5-2-6-10-12/h1-10H,(H3,17,18,19,20,21,22,23). The summed E-state index contributed by atoms with van der Waals surface area (Å²) in [4.78, 5) is 28.0. The van der Waals surface area contributed by atoms with Gasteiger partial charge in [0, 0.05) is 11.1 Å². The van der Waals surface area contributed by atoms with Crippen LogP contribution in [0.25, 0.3) is 0 Å². The fraction of sp³-hybridized carbons (Fsp3) is 0. The zero-order valence-corrected chi connectivity index (χ0v) is 12.0. The first kappa shape index (κ1) is 14.5. The van der Waals surface area contributed by atoms with Gasteiger partial charge in [-0.2, -0.15) is 4.98 Å². The van der Waals surface area contributed by atoms with Crippen LogP contribution in [-0.2, 0) is 0 Å². The largest absolute Gasteiger partial charge is 0.291 e. The normalized spacial score (nSPS) is 10.1. The lowest BCUT2D eigenvalue weighted by atomic mass is 10.2. The van der Waals surface area contributed by atoms with Gasteiger partial charge in [0.1, 0.15) is 0 Å². The van der Waals surface area contributed by atoms with Crippen LogP contribution < -0.4 is 10.6 Å². The average Bonchev–Trinajstić information content (AvgIpc) is 3.03. The minimum atomic E-state index is -0.328. The Morgan fingerprint density at radius 1 is 0.783 bits per heavy atom. The molecule has 0 saturated heterocycles. The first-order valence-corrected chi connectivity index (χ1v) is 6.87. The highest BCUT2D eigenvalue weighted by Crippen LogP contribution is 2.08. The van der Waals surface area contributed by atoms with Gasteiger partial charge in [-0.1, -0.05) is 36.4 Å². The Morgan fingerprint density at radius 3 is 1.87 bits per heavy atom. The molecular formula is C16H13N5O2. The predicted molar refractivity (Wildman–Crippen MR) is 85.2 cm³/mol. The van der Waals surface area contributed by atoms with Crippen molar-refractivity contribution in [3.05, 3.63) is 71.8 Å². The third-order valence-electron chi connectivity index (χ3n) is 3.01. The van der Waals surface area contributed by atoms with Crippen LogP contribution in [0.1, 0.15) is 20.7 Å². The monoisotopic (exact) mass is 307 g/mol. The van der Waals surface area contributed by atoms with Crippen molar-refractivity contribution in [2.75, 3.05) is 10.6 Å².